The summed E-state index contributed by atoms with van der Waals surface area (Å²) >= 11 is 3.17. The van der Waals surface area contributed by atoms with Crippen LogP contribution in [-0.4, -0.2) is 0 Å². The Kier molecular flexibility index (Phi) is 4.95. The molecule has 0 saturated carbocycles. The maximum absolute atomic E-state index is 3.38. The summed E-state index contributed by atoms with van der Waals surface area (Å²) < 4.78 is 6.75. The predicted octanol–water partition coefficient (Wildman–Crippen LogP) is 0.362. The van der Waals surface area contributed by atoms with E-state index in [1.807, 2.05) is 0 Å². The van der Waals surface area contributed by atoms with Crippen LogP contribution in [0.3, 0.4) is 0 Å². The fourth-order valence-corrected chi connectivity index (χ4v) is 0. The molecule has 0 aromatic rings. The van der Waals surface area contributed by atoms with Gasteiger partial charge >= 0.3 is 47.5 Å². The van der Waals surface area contributed by atoms with Crippen LogP contribution in [0.5, 0.6) is 0 Å². The number of nitrogens with zero attached hydrogens (tertiary/aromatic N) is 2. The van der Waals surface area contributed by atoms with Crippen molar-refractivity contribution in [3.63, 3.8) is 0 Å². The third kappa shape index (κ3) is 2.98. The average molecular weight is 220 g/mol. The first-order valence-corrected chi connectivity index (χ1v) is 2.36. The standard InChI is InChI=1S/2Mo.N2/c;;1-2/q2*+1;-2. The van der Waals surface area contributed by atoms with Crippen LogP contribution in [-0.2, 0) is 40.1 Å². The molecule has 4 heavy (non-hydrogen) atoms. The predicted molar refractivity (Wildman–Crippen MR) is 4.86 cm³/mol. The van der Waals surface area contributed by atoms with Gasteiger partial charge in [-0.3, -0.25) is 0 Å². The van der Waals surface area contributed by atoms with Gasteiger partial charge in [-0.2, -0.15) is 0 Å². The van der Waals surface area contributed by atoms with Crippen molar-refractivity contribution in [2.45, 2.75) is 0 Å². The minimum atomic E-state index is 1.58. The molecule has 0 unspecified atom stereocenters. The molecule has 0 heterocycles. The van der Waals surface area contributed by atoms with E-state index in [2.05, 4.69) is 7.35 Å². The molecule has 0 saturated heterocycles. The van der Waals surface area contributed by atoms with Crippen molar-refractivity contribution in [3.8, 4) is 0 Å². The minimum absolute atomic E-state index is 1.58. The Morgan fingerprint density at radius 3 is 1.25 bits per heavy atom. The molecule has 0 amide bonds. The Bertz CT molecular complexity index is 19.2. The van der Waals surface area contributed by atoms with E-state index in [4.69, 9.17) is 0 Å². The second-order valence-corrected chi connectivity index (χ2v) is 0.966. The van der Waals surface area contributed by atoms with Crippen LogP contribution < -0.4 is 0 Å². The van der Waals surface area contributed by atoms with Crippen molar-refractivity contribution < 1.29 is 40.1 Å². The van der Waals surface area contributed by atoms with E-state index < -0.39 is 0 Å². The molecule has 0 aliphatic rings. The molecule has 0 spiro atoms. The third-order valence-electron chi connectivity index (χ3n) is 0.0333. The van der Waals surface area contributed by atoms with E-state index in [0.717, 1.165) is 0 Å². The SMILES string of the molecule is [Mo][N]=[N][Mo]. The van der Waals surface area contributed by atoms with E-state index in [-0.39, 0.29) is 0 Å². The van der Waals surface area contributed by atoms with Crippen LogP contribution in [0.4, 0.5) is 0 Å². The zero-order valence-electron chi connectivity index (χ0n) is 1.71. The first-order valence-electron chi connectivity index (χ1n) is 0.565. The van der Waals surface area contributed by atoms with Gasteiger partial charge in [0.25, 0.3) is 0 Å². The third-order valence-corrected chi connectivity index (χ3v) is 1.17. The normalized spacial score (nSPS) is 9.00. The van der Waals surface area contributed by atoms with Crippen LogP contribution >= 0.6 is 0 Å². The van der Waals surface area contributed by atoms with Gasteiger partial charge in [-0.25, -0.2) is 0 Å². The summed E-state index contributed by atoms with van der Waals surface area (Å²) in [6.07, 6.45) is 0. The summed E-state index contributed by atoms with van der Waals surface area (Å²) in [6, 6.07) is 0. The summed E-state index contributed by atoms with van der Waals surface area (Å²) in [5.41, 5.74) is 0. The van der Waals surface area contributed by atoms with Crippen LogP contribution in [0.25, 0.3) is 0 Å². The van der Waals surface area contributed by atoms with Gasteiger partial charge in [-0.05, 0) is 0 Å². The van der Waals surface area contributed by atoms with Gasteiger partial charge in [0.2, 0.25) is 0 Å². The fraction of sp³-hybridized carbons (Fsp3) is 0. The molecular formula is Mo2N2. The second kappa shape index (κ2) is 3.98. The zero-order valence-corrected chi connectivity index (χ0v) is 5.72. The molecule has 0 N–H and O–H groups in total. The Labute approximate surface area is 47.5 Å². The molecule has 0 aromatic carbocycles. The molecule has 4 heteroatoms. The van der Waals surface area contributed by atoms with E-state index in [1.54, 1.807) is 40.1 Å². The molecular weight excluding hydrogens is 220 g/mol. The maximum atomic E-state index is 3.38. The van der Waals surface area contributed by atoms with Crippen molar-refractivity contribution in [1.29, 1.82) is 0 Å². The number of hydrogen-bond donors (Lipinski definition) is 0. The first kappa shape index (κ1) is 4.98. The Morgan fingerprint density at radius 2 is 1.25 bits per heavy atom. The molecule has 0 aliphatic carbocycles. The van der Waals surface area contributed by atoms with Crippen LogP contribution in [0.1, 0.15) is 0 Å². The van der Waals surface area contributed by atoms with Gasteiger partial charge in [-0.15, -0.1) is 0 Å². The average Bonchev–Trinajstić information content (AvgIpc) is 1.37. The van der Waals surface area contributed by atoms with E-state index >= 15 is 0 Å². The number of rotatable bonds is 0. The van der Waals surface area contributed by atoms with Crippen molar-refractivity contribution >= 4 is 0 Å². The van der Waals surface area contributed by atoms with Gasteiger partial charge in [0.15, 0.2) is 0 Å². The van der Waals surface area contributed by atoms with Crippen LogP contribution in [0.15, 0.2) is 7.35 Å². The zero-order chi connectivity index (χ0) is 3.41. The van der Waals surface area contributed by atoms with Crippen molar-refractivity contribution in [3.05, 3.63) is 0 Å². The molecule has 0 radical (unpaired) electrons. The van der Waals surface area contributed by atoms with Crippen molar-refractivity contribution in [1.82, 2.24) is 0 Å². The monoisotopic (exact) mass is 224 g/mol. The van der Waals surface area contributed by atoms with Crippen molar-refractivity contribution in [2.24, 2.45) is 7.35 Å². The summed E-state index contributed by atoms with van der Waals surface area (Å²) in [4.78, 5) is 0. The molecule has 22 valence electrons. The molecule has 0 aromatic heterocycles. The molecule has 2 nitrogen and oxygen atoms in total. The van der Waals surface area contributed by atoms with Gasteiger partial charge < -0.3 is 0 Å². The summed E-state index contributed by atoms with van der Waals surface area (Å²) in [7, 11) is 0. The van der Waals surface area contributed by atoms with E-state index in [1.165, 1.54) is 0 Å². The molecule has 0 bridgehead atoms. The number of hydrogen-bond acceptors (Lipinski definition) is 2. The topological polar surface area (TPSA) is 24.7 Å². The Balaban J connectivity index is 2.55. The van der Waals surface area contributed by atoms with Gasteiger partial charge in [0.05, 0.1) is 0 Å². The second-order valence-electron chi connectivity index (χ2n) is 0.163. The van der Waals surface area contributed by atoms with E-state index in [9.17, 15) is 0 Å². The molecule has 0 atom stereocenters. The van der Waals surface area contributed by atoms with Gasteiger partial charge in [0.1, 0.15) is 0 Å². The van der Waals surface area contributed by atoms with Gasteiger partial charge in [-0.1, -0.05) is 0 Å². The fourth-order valence-electron chi connectivity index (χ4n) is 0. The first-order chi connectivity index (χ1) is 1.91. The summed E-state index contributed by atoms with van der Waals surface area (Å²) in [5.74, 6) is 0. The molecule has 0 aliphatic heterocycles. The van der Waals surface area contributed by atoms with Crippen molar-refractivity contribution in [2.75, 3.05) is 0 Å². The van der Waals surface area contributed by atoms with Gasteiger partial charge in [0, 0.05) is 0 Å². The van der Waals surface area contributed by atoms with Crippen LogP contribution in [0.2, 0.25) is 0 Å². The molecule has 0 fully saturated rings. The Hall–Kier alpha value is 0.977. The Morgan fingerprint density at radius 1 is 1.00 bits per heavy atom. The quantitative estimate of drug-likeness (QED) is 0.416. The molecule has 0 rings (SSSR count). The van der Waals surface area contributed by atoms with E-state index in [0.29, 0.717) is 0 Å². The summed E-state index contributed by atoms with van der Waals surface area (Å²) in [6.45, 7) is 0. The van der Waals surface area contributed by atoms with Crippen LogP contribution in [0, 0.1) is 0 Å². The summed E-state index contributed by atoms with van der Waals surface area (Å²) in [5, 5.41) is 0.